The van der Waals surface area contributed by atoms with Gasteiger partial charge < -0.3 is 15.5 Å². The quantitative estimate of drug-likeness (QED) is 0.871. The fourth-order valence-electron chi connectivity index (χ4n) is 2.97. The van der Waals surface area contributed by atoms with Crippen molar-refractivity contribution in [2.24, 2.45) is 5.92 Å². The van der Waals surface area contributed by atoms with Gasteiger partial charge in [-0.05, 0) is 43.1 Å². The molecule has 2 fully saturated rings. The molecule has 1 aromatic rings. The second kappa shape index (κ2) is 7.55. The number of halogens is 1. The Bertz CT molecular complexity index is 575. The van der Waals surface area contributed by atoms with Crippen LogP contribution in [0.3, 0.4) is 0 Å². The minimum absolute atomic E-state index is 0.0241. The lowest BCUT2D eigenvalue weighted by Crippen LogP contribution is -2.42. The van der Waals surface area contributed by atoms with Gasteiger partial charge in [-0.15, -0.1) is 11.8 Å². The van der Waals surface area contributed by atoms with Gasteiger partial charge in [-0.2, -0.15) is 0 Å². The van der Waals surface area contributed by atoms with E-state index in [0.29, 0.717) is 18.0 Å². The maximum absolute atomic E-state index is 12.3. The standard InChI is InChI=1S/C16H20ClN3O2S/c17-12-1-3-13(4-2-12)19-15(21)8-11-7-14(18-9-11)16(22)20-5-6-23-10-20/h1-4,11,14,18H,5-10H2,(H,19,21)/t11?,14-/m0/s1. The van der Waals surface area contributed by atoms with E-state index in [-0.39, 0.29) is 23.8 Å². The van der Waals surface area contributed by atoms with Crippen LogP contribution in [0.1, 0.15) is 12.8 Å². The monoisotopic (exact) mass is 353 g/mol. The number of hydrogen-bond donors (Lipinski definition) is 2. The average Bonchev–Trinajstić information content (AvgIpc) is 3.20. The van der Waals surface area contributed by atoms with E-state index in [1.54, 1.807) is 36.0 Å². The van der Waals surface area contributed by atoms with E-state index in [1.165, 1.54) is 0 Å². The van der Waals surface area contributed by atoms with Gasteiger partial charge in [0.15, 0.2) is 0 Å². The van der Waals surface area contributed by atoms with Gasteiger partial charge in [0.1, 0.15) is 0 Å². The molecule has 2 aliphatic rings. The Kier molecular flexibility index (Phi) is 5.46. The van der Waals surface area contributed by atoms with Crippen molar-refractivity contribution < 1.29 is 9.59 Å². The molecular weight excluding hydrogens is 334 g/mol. The minimum atomic E-state index is -0.137. The molecule has 0 radical (unpaired) electrons. The third kappa shape index (κ3) is 4.40. The summed E-state index contributed by atoms with van der Waals surface area (Å²) in [5, 5.41) is 6.78. The van der Waals surface area contributed by atoms with E-state index in [4.69, 9.17) is 11.6 Å². The third-order valence-electron chi connectivity index (χ3n) is 4.19. The van der Waals surface area contributed by atoms with Gasteiger partial charge in [-0.25, -0.2) is 0 Å². The van der Waals surface area contributed by atoms with Crippen LogP contribution < -0.4 is 10.6 Å². The first-order chi connectivity index (χ1) is 11.1. The summed E-state index contributed by atoms with van der Waals surface area (Å²) in [6.45, 7) is 1.55. The second-order valence-corrected chi connectivity index (χ2v) is 7.47. The lowest BCUT2D eigenvalue weighted by atomic mass is 10.0. The van der Waals surface area contributed by atoms with E-state index in [9.17, 15) is 9.59 Å². The fraction of sp³-hybridized carbons (Fsp3) is 0.500. The normalized spacial score (nSPS) is 24.0. The summed E-state index contributed by atoms with van der Waals surface area (Å²) in [5.74, 6) is 2.16. The van der Waals surface area contributed by atoms with Crippen molar-refractivity contribution >= 4 is 40.9 Å². The van der Waals surface area contributed by atoms with Crippen LogP contribution in [0.5, 0.6) is 0 Å². The zero-order chi connectivity index (χ0) is 16.2. The number of nitrogens with zero attached hydrogens (tertiary/aromatic N) is 1. The molecule has 2 saturated heterocycles. The van der Waals surface area contributed by atoms with Crippen molar-refractivity contribution in [1.82, 2.24) is 10.2 Å². The number of nitrogens with one attached hydrogen (secondary N) is 2. The maximum Gasteiger partial charge on any atom is 0.240 e. The Balaban J connectivity index is 1.46. The lowest BCUT2D eigenvalue weighted by Gasteiger charge is -2.19. The lowest BCUT2D eigenvalue weighted by molar-refractivity contribution is -0.131. The number of amides is 2. The SMILES string of the molecule is O=C(CC1CN[C@H](C(=O)N2CCSC2)C1)Nc1ccc(Cl)cc1. The predicted octanol–water partition coefficient (Wildman–Crippen LogP) is 2.18. The Hall–Kier alpha value is -1.24. The summed E-state index contributed by atoms with van der Waals surface area (Å²) in [6.07, 6.45) is 1.15. The van der Waals surface area contributed by atoms with Crippen LogP contribution >= 0.6 is 23.4 Å². The molecule has 2 atom stereocenters. The minimum Gasteiger partial charge on any atom is -0.331 e. The van der Waals surface area contributed by atoms with E-state index in [2.05, 4.69) is 10.6 Å². The van der Waals surface area contributed by atoms with Gasteiger partial charge in [0, 0.05) is 29.4 Å². The zero-order valence-electron chi connectivity index (χ0n) is 12.8. The maximum atomic E-state index is 12.3. The molecule has 0 aromatic heterocycles. The molecular formula is C16H20ClN3O2S. The molecule has 2 amide bonds. The largest absolute Gasteiger partial charge is 0.331 e. The van der Waals surface area contributed by atoms with Gasteiger partial charge >= 0.3 is 0 Å². The van der Waals surface area contributed by atoms with Crippen LogP contribution in [0.4, 0.5) is 5.69 Å². The molecule has 0 saturated carbocycles. The fourth-order valence-corrected chi connectivity index (χ4v) is 4.05. The first-order valence-corrected chi connectivity index (χ1v) is 9.30. The summed E-state index contributed by atoms with van der Waals surface area (Å²) >= 11 is 7.61. The highest BCUT2D eigenvalue weighted by Gasteiger charge is 2.34. The number of thioether (sulfide) groups is 1. The van der Waals surface area contributed by atoms with Crippen molar-refractivity contribution in [2.75, 3.05) is 30.0 Å². The van der Waals surface area contributed by atoms with E-state index >= 15 is 0 Å². The molecule has 1 unspecified atom stereocenters. The first kappa shape index (κ1) is 16.6. The smallest absolute Gasteiger partial charge is 0.240 e. The molecule has 2 heterocycles. The van der Waals surface area contributed by atoms with Crippen LogP contribution in [-0.2, 0) is 9.59 Å². The Morgan fingerprint density at radius 1 is 1.35 bits per heavy atom. The molecule has 2 aliphatic heterocycles. The number of carbonyl (C=O) groups is 2. The van der Waals surface area contributed by atoms with Gasteiger partial charge in [-0.3, -0.25) is 9.59 Å². The van der Waals surface area contributed by atoms with Crippen LogP contribution in [0, 0.1) is 5.92 Å². The van der Waals surface area contributed by atoms with Crippen LogP contribution in [0.15, 0.2) is 24.3 Å². The van der Waals surface area contributed by atoms with E-state index in [1.807, 2.05) is 4.90 Å². The summed E-state index contributed by atoms with van der Waals surface area (Å²) in [6, 6.07) is 6.92. The van der Waals surface area contributed by atoms with E-state index < -0.39 is 0 Å². The number of carbonyl (C=O) groups excluding carboxylic acids is 2. The molecule has 1 aromatic carbocycles. The van der Waals surface area contributed by atoms with Crippen molar-refractivity contribution in [3.63, 3.8) is 0 Å². The van der Waals surface area contributed by atoms with Gasteiger partial charge in [-0.1, -0.05) is 11.6 Å². The molecule has 124 valence electrons. The summed E-state index contributed by atoms with van der Waals surface area (Å²) < 4.78 is 0. The highest BCUT2D eigenvalue weighted by molar-refractivity contribution is 7.99. The second-order valence-electron chi connectivity index (χ2n) is 5.96. The summed E-state index contributed by atoms with van der Waals surface area (Å²) in [7, 11) is 0. The topological polar surface area (TPSA) is 61.4 Å². The zero-order valence-corrected chi connectivity index (χ0v) is 14.3. The Labute approximate surface area is 145 Å². The molecule has 7 heteroatoms. The van der Waals surface area contributed by atoms with Crippen molar-refractivity contribution in [3.8, 4) is 0 Å². The van der Waals surface area contributed by atoms with Crippen LogP contribution in [-0.4, -0.2) is 47.5 Å². The Morgan fingerprint density at radius 2 is 2.13 bits per heavy atom. The van der Waals surface area contributed by atoms with Crippen molar-refractivity contribution in [3.05, 3.63) is 29.3 Å². The molecule has 0 spiro atoms. The number of hydrogen-bond acceptors (Lipinski definition) is 4. The number of anilines is 1. The van der Waals surface area contributed by atoms with Crippen molar-refractivity contribution in [1.29, 1.82) is 0 Å². The molecule has 5 nitrogen and oxygen atoms in total. The van der Waals surface area contributed by atoms with Gasteiger partial charge in [0.2, 0.25) is 11.8 Å². The number of benzene rings is 1. The molecule has 23 heavy (non-hydrogen) atoms. The molecule has 3 rings (SSSR count). The van der Waals surface area contributed by atoms with Crippen molar-refractivity contribution in [2.45, 2.75) is 18.9 Å². The molecule has 0 bridgehead atoms. The highest BCUT2D eigenvalue weighted by Crippen LogP contribution is 2.23. The molecule has 0 aliphatic carbocycles. The van der Waals surface area contributed by atoms with Gasteiger partial charge in [0.05, 0.1) is 11.9 Å². The molecule has 2 N–H and O–H groups in total. The summed E-state index contributed by atoms with van der Waals surface area (Å²) in [5.41, 5.74) is 0.743. The average molecular weight is 354 g/mol. The predicted molar refractivity (Wildman–Crippen MR) is 93.6 cm³/mol. The van der Waals surface area contributed by atoms with Crippen LogP contribution in [0.2, 0.25) is 5.02 Å². The number of rotatable bonds is 4. The van der Waals surface area contributed by atoms with Crippen LogP contribution in [0.25, 0.3) is 0 Å². The summed E-state index contributed by atoms with van der Waals surface area (Å²) in [4.78, 5) is 26.4. The highest BCUT2D eigenvalue weighted by atomic mass is 35.5. The van der Waals surface area contributed by atoms with E-state index in [0.717, 1.165) is 30.3 Å². The third-order valence-corrected chi connectivity index (χ3v) is 5.40. The van der Waals surface area contributed by atoms with Gasteiger partial charge in [0.25, 0.3) is 0 Å². The Morgan fingerprint density at radius 3 is 2.83 bits per heavy atom. The first-order valence-electron chi connectivity index (χ1n) is 7.77.